The fourth-order valence-electron chi connectivity index (χ4n) is 2.96. The third kappa shape index (κ3) is 5.54. The number of nitrogens with zero attached hydrogens (tertiary/aromatic N) is 3. The molecule has 3 heterocycles. The molecular weight excluding hydrogens is 450 g/mol. The number of aryl methyl sites for hydroxylation is 1. The Morgan fingerprint density at radius 3 is 2.59 bits per heavy atom. The molecular formula is C21H21N5O4S2. The predicted molar refractivity (Wildman–Crippen MR) is 123 cm³/mol. The molecule has 166 valence electrons. The number of carbonyl (C=O) groups excluding carboxylic acids is 1. The average Bonchev–Trinajstić information content (AvgIpc) is 3.27. The lowest BCUT2D eigenvalue weighted by atomic mass is 10.2. The van der Waals surface area contributed by atoms with Gasteiger partial charge in [0.2, 0.25) is 11.8 Å². The molecule has 2 N–H and O–H groups in total. The van der Waals surface area contributed by atoms with Crippen LogP contribution in [-0.4, -0.2) is 46.9 Å². The summed E-state index contributed by atoms with van der Waals surface area (Å²) >= 11 is 1.85. The van der Waals surface area contributed by atoms with Crippen LogP contribution in [0.1, 0.15) is 22.5 Å². The first-order chi connectivity index (χ1) is 15.4. The fourth-order valence-corrected chi connectivity index (χ4v) is 5.00. The number of hydrogen-bond donors (Lipinski definition) is 2. The van der Waals surface area contributed by atoms with E-state index >= 15 is 0 Å². The quantitative estimate of drug-likeness (QED) is 0.539. The first kappa shape index (κ1) is 22.0. The Bertz CT molecular complexity index is 1200. The normalized spacial score (nSPS) is 15.8. The molecule has 1 amide bonds. The highest BCUT2D eigenvalue weighted by molar-refractivity contribution is 7.99. The summed E-state index contributed by atoms with van der Waals surface area (Å²) in [6.45, 7) is 1.74. The van der Waals surface area contributed by atoms with Crippen molar-refractivity contribution in [1.29, 1.82) is 0 Å². The van der Waals surface area contributed by atoms with Gasteiger partial charge in [-0.2, -0.15) is 11.8 Å². The maximum atomic E-state index is 12.5. The van der Waals surface area contributed by atoms with E-state index in [1.807, 2.05) is 11.8 Å². The summed E-state index contributed by atoms with van der Waals surface area (Å²) in [5.74, 6) is 2.16. The van der Waals surface area contributed by atoms with Crippen molar-refractivity contribution in [3.05, 3.63) is 66.1 Å². The van der Waals surface area contributed by atoms with Crippen molar-refractivity contribution in [2.75, 3.05) is 21.5 Å². The molecule has 9 nitrogen and oxygen atoms in total. The number of hydrogen-bond acceptors (Lipinski definition) is 8. The molecule has 1 aromatic carbocycles. The molecule has 1 aliphatic heterocycles. The van der Waals surface area contributed by atoms with Gasteiger partial charge in [-0.1, -0.05) is 0 Å². The number of anilines is 2. The van der Waals surface area contributed by atoms with E-state index in [9.17, 15) is 13.2 Å². The monoisotopic (exact) mass is 471 g/mol. The van der Waals surface area contributed by atoms with Crippen molar-refractivity contribution in [1.82, 2.24) is 15.0 Å². The highest BCUT2D eigenvalue weighted by Gasteiger charge is 2.18. The maximum Gasteiger partial charge on any atom is 0.264 e. The van der Waals surface area contributed by atoms with Gasteiger partial charge in [0, 0.05) is 35.6 Å². The topological polar surface area (TPSA) is 123 Å². The van der Waals surface area contributed by atoms with Crippen LogP contribution in [0, 0.1) is 6.92 Å². The zero-order chi connectivity index (χ0) is 22.6. The van der Waals surface area contributed by atoms with Gasteiger partial charge in [0.1, 0.15) is 6.10 Å². The molecule has 11 heteroatoms. The molecule has 2 aromatic heterocycles. The van der Waals surface area contributed by atoms with Gasteiger partial charge in [0.05, 0.1) is 10.5 Å². The van der Waals surface area contributed by atoms with Gasteiger partial charge in [0.15, 0.2) is 0 Å². The van der Waals surface area contributed by atoms with Gasteiger partial charge in [-0.15, -0.1) is 0 Å². The van der Waals surface area contributed by atoms with Gasteiger partial charge >= 0.3 is 0 Å². The van der Waals surface area contributed by atoms with Gasteiger partial charge in [-0.25, -0.2) is 28.1 Å². The van der Waals surface area contributed by atoms with Crippen LogP contribution >= 0.6 is 11.8 Å². The summed E-state index contributed by atoms with van der Waals surface area (Å²) < 4.78 is 33.2. The molecule has 1 saturated heterocycles. The molecule has 1 atom stereocenters. The van der Waals surface area contributed by atoms with Crippen molar-refractivity contribution in [2.45, 2.75) is 24.3 Å². The predicted octanol–water partition coefficient (Wildman–Crippen LogP) is 3.12. The van der Waals surface area contributed by atoms with Gasteiger partial charge < -0.3 is 10.1 Å². The number of aromatic nitrogens is 3. The lowest BCUT2D eigenvalue weighted by molar-refractivity contribution is 0.102. The Kier molecular flexibility index (Phi) is 6.56. The second-order valence-electron chi connectivity index (χ2n) is 7.09. The van der Waals surface area contributed by atoms with E-state index < -0.39 is 10.0 Å². The summed E-state index contributed by atoms with van der Waals surface area (Å²) in [7, 11) is -3.86. The van der Waals surface area contributed by atoms with Crippen LogP contribution in [0.15, 0.2) is 59.8 Å². The summed E-state index contributed by atoms with van der Waals surface area (Å²) in [6, 6.07) is 10.8. The minimum atomic E-state index is -3.86. The van der Waals surface area contributed by atoms with Crippen LogP contribution in [-0.2, 0) is 10.0 Å². The number of thioether (sulfide) groups is 1. The van der Waals surface area contributed by atoms with Crippen LogP contribution in [0.5, 0.6) is 5.88 Å². The second-order valence-corrected chi connectivity index (χ2v) is 9.93. The number of carbonyl (C=O) groups is 1. The number of nitrogens with one attached hydrogen (secondary N) is 2. The smallest absolute Gasteiger partial charge is 0.264 e. The Hall–Kier alpha value is -3.18. The summed E-state index contributed by atoms with van der Waals surface area (Å²) in [5, 5.41) is 2.72. The zero-order valence-corrected chi connectivity index (χ0v) is 18.8. The third-order valence-electron chi connectivity index (χ3n) is 4.62. The fraction of sp³-hybridized carbons (Fsp3) is 0.238. The van der Waals surface area contributed by atoms with Crippen molar-refractivity contribution in [3.63, 3.8) is 0 Å². The van der Waals surface area contributed by atoms with Gasteiger partial charge in [0.25, 0.3) is 15.9 Å². The number of rotatable bonds is 7. The molecule has 1 fully saturated rings. The molecule has 1 aliphatic rings. The van der Waals surface area contributed by atoms with Crippen LogP contribution in [0.25, 0.3) is 0 Å². The van der Waals surface area contributed by atoms with E-state index in [2.05, 4.69) is 25.0 Å². The Balaban J connectivity index is 1.38. The number of benzene rings is 1. The summed E-state index contributed by atoms with van der Waals surface area (Å²) in [4.78, 5) is 24.6. The lowest BCUT2D eigenvalue weighted by Gasteiger charge is -2.11. The molecule has 3 aromatic rings. The zero-order valence-electron chi connectivity index (χ0n) is 17.2. The minimum Gasteiger partial charge on any atom is -0.473 e. The summed E-state index contributed by atoms with van der Waals surface area (Å²) in [6.07, 6.45) is 4.08. The van der Waals surface area contributed by atoms with E-state index in [4.69, 9.17) is 4.74 Å². The molecule has 1 unspecified atom stereocenters. The molecule has 0 radical (unpaired) electrons. The Morgan fingerprint density at radius 1 is 1.12 bits per heavy atom. The van der Waals surface area contributed by atoms with E-state index in [-0.39, 0.29) is 22.9 Å². The molecule has 0 spiro atoms. The first-order valence-corrected chi connectivity index (χ1v) is 12.5. The molecule has 0 aliphatic carbocycles. The van der Waals surface area contributed by atoms with Gasteiger partial charge in [-0.3, -0.25) is 4.79 Å². The summed E-state index contributed by atoms with van der Waals surface area (Å²) in [5.41, 5.74) is 1.46. The standard InChI is InChI=1S/C21H21N5O4S2/c1-14-8-10-22-21(24-14)26-32(28,29)18-5-3-16(4-6-18)25-20(27)15-2-7-19(23-12-15)30-17-9-11-31-13-17/h2-8,10,12,17H,9,11,13H2,1H3,(H,25,27)(H,22,24,26). The first-order valence-electron chi connectivity index (χ1n) is 9.83. The molecule has 0 bridgehead atoms. The van der Waals surface area contributed by atoms with Crippen molar-refractivity contribution in [3.8, 4) is 5.88 Å². The number of amides is 1. The molecule has 0 saturated carbocycles. The number of ether oxygens (including phenoxy) is 1. The van der Waals surface area contributed by atoms with Crippen molar-refractivity contribution in [2.24, 2.45) is 0 Å². The van der Waals surface area contributed by atoms with E-state index in [0.29, 0.717) is 22.8 Å². The average molecular weight is 472 g/mol. The third-order valence-corrected chi connectivity index (χ3v) is 7.09. The number of pyridine rings is 1. The SMILES string of the molecule is Cc1ccnc(NS(=O)(=O)c2ccc(NC(=O)c3ccc(OC4CCSC4)nc3)cc2)n1. The van der Waals surface area contributed by atoms with Crippen LogP contribution < -0.4 is 14.8 Å². The molecule has 4 rings (SSSR count). The highest BCUT2D eigenvalue weighted by Crippen LogP contribution is 2.22. The lowest BCUT2D eigenvalue weighted by Crippen LogP contribution is -2.17. The van der Waals surface area contributed by atoms with Gasteiger partial charge in [-0.05, 0) is 55.5 Å². The van der Waals surface area contributed by atoms with Crippen LogP contribution in [0.4, 0.5) is 11.6 Å². The second kappa shape index (κ2) is 9.53. The van der Waals surface area contributed by atoms with Crippen LogP contribution in [0.2, 0.25) is 0 Å². The minimum absolute atomic E-state index is 0.00556. The number of sulfonamides is 1. The molecule has 32 heavy (non-hydrogen) atoms. The van der Waals surface area contributed by atoms with E-state index in [1.54, 1.807) is 25.1 Å². The Morgan fingerprint density at radius 2 is 1.94 bits per heavy atom. The maximum absolute atomic E-state index is 12.5. The highest BCUT2D eigenvalue weighted by atomic mass is 32.2. The van der Waals surface area contributed by atoms with Crippen molar-refractivity contribution < 1.29 is 17.9 Å². The Labute approximate surface area is 190 Å². The largest absolute Gasteiger partial charge is 0.473 e. The van der Waals surface area contributed by atoms with Crippen molar-refractivity contribution >= 4 is 39.3 Å². The van der Waals surface area contributed by atoms with Crippen LogP contribution in [0.3, 0.4) is 0 Å². The van der Waals surface area contributed by atoms with E-state index in [1.165, 1.54) is 36.7 Å². The van der Waals surface area contributed by atoms with E-state index in [0.717, 1.165) is 17.9 Å².